The van der Waals surface area contributed by atoms with Crippen LogP contribution in [0.25, 0.3) is 0 Å². The van der Waals surface area contributed by atoms with Crippen LogP contribution in [0.1, 0.15) is 25.7 Å². The zero-order valence-electron chi connectivity index (χ0n) is 14.2. The van der Waals surface area contributed by atoms with Crippen molar-refractivity contribution >= 4 is 20.0 Å². The summed E-state index contributed by atoms with van der Waals surface area (Å²) in [5.41, 5.74) is 5.64. The van der Waals surface area contributed by atoms with Crippen molar-refractivity contribution in [3.05, 3.63) is 24.3 Å². The fraction of sp³-hybridized carbons (Fsp3) is 0.625. The molecule has 0 saturated carbocycles. The minimum atomic E-state index is -3.70. The van der Waals surface area contributed by atoms with E-state index in [1.54, 1.807) is 0 Å². The third kappa shape index (κ3) is 3.75. The van der Waals surface area contributed by atoms with Gasteiger partial charge in [-0.25, -0.2) is 16.8 Å². The summed E-state index contributed by atoms with van der Waals surface area (Å²) in [4.78, 5) is 0.0771. The predicted octanol–water partition coefficient (Wildman–Crippen LogP) is 0.831. The minimum Gasteiger partial charge on any atom is -0.330 e. The average Bonchev–Trinajstić information content (AvgIpc) is 3.12. The Hall–Kier alpha value is -1.00. The van der Waals surface area contributed by atoms with Crippen LogP contribution in [0.4, 0.5) is 0 Å². The molecule has 0 spiro atoms. The zero-order valence-corrected chi connectivity index (χ0v) is 15.8. The Bertz CT molecular complexity index is 818. The Kier molecular flexibility index (Phi) is 5.50. The molecule has 0 aromatic heterocycles. The number of hydrogen-bond acceptors (Lipinski definition) is 5. The number of benzene rings is 1. The lowest BCUT2D eigenvalue weighted by Crippen LogP contribution is -2.35. The summed E-state index contributed by atoms with van der Waals surface area (Å²) >= 11 is 0. The first kappa shape index (κ1) is 18.8. The lowest BCUT2D eigenvalue weighted by atomic mass is 10.1. The largest absolute Gasteiger partial charge is 0.330 e. The summed E-state index contributed by atoms with van der Waals surface area (Å²) in [7, 11) is -7.35. The van der Waals surface area contributed by atoms with Gasteiger partial charge in [0.05, 0.1) is 9.79 Å². The van der Waals surface area contributed by atoms with Crippen molar-refractivity contribution in [2.24, 2.45) is 11.7 Å². The van der Waals surface area contributed by atoms with Crippen LogP contribution in [-0.4, -0.2) is 58.2 Å². The molecule has 0 bridgehead atoms. The normalized spacial score (nSPS) is 23.8. The van der Waals surface area contributed by atoms with Crippen LogP contribution in [-0.2, 0) is 20.0 Å². The zero-order chi connectivity index (χ0) is 18.1. The van der Waals surface area contributed by atoms with Crippen LogP contribution in [0.5, 0.6) is 0 Å². The van der Waals surface area contributed by atoms with E-state index in [1.807, 2.05) is 0 Å². The molecule has 2 saturated heterocycles. The molecule has 140 valence electrons. The fourth-order valence-corrected chi connectivity index (χ4v) is 6.62. The maximum atomic E-state index is 12.8. The van der Waals surface area contributed by atoms with Crippen LogP contribution >= 0.6 is 0 Å². The molecule has 2 aliphatic heterocycles. The van der Waals surface area contributed by atoms with Crippen molar-refractivity contribution in [2.45, 2.75) is 35.5 Å². The van der Waals surface area contributed by atoms with E-state index < -0.39 is 20.0 Å². The second-order valence-corrected chi connectivity index (χ2v) is 10.6. The first-order valence-electron chi connectivity index (χ1n) is 8.66. The second-order valence-electron chi connectivity index (χ2n) is 6.69. The Morgan fingerprint density at radius 3 is 2.08 bits per heavy atom. The molecule has 3 rings (SSSR count). The van der Waals surface area contributed by atoms with E-state index in [0.29, 0.717) is 32.7 Å². The van der Waals surface area contributed by atoms with E-state index in [9.17, 15) is 16.8 Å². The Balaban J connectivity index is 1.88. The summed E-state index contributed by atoms with van der Waals surface area (Å²) in [5.74, 6) is 0.162. The monoisotopic (exact) mass is 387 g/mol. The molecule has 7 nitrogen and oxygen atoms in total. The van der Waals surface area contributed by atoms with Gasteiger partial charge in [0, 0.05) is 26.2 Å². The number of hydrogen-bond donors (Lipinski definition) is 1. The van der Waals surface area contributed by atoms with Gasteiger partial charge in [-0.3, -0.25) is 0 Å². The number of rotatable bonds is 5. The van der Waals surface area contributed by atoms with E-state index in [4.69, 9.17) is 5.73 Å². The molecule has 9 heteroatoms. The van der Waals surface area contributed by atoms with E-state index in [0.717, 1.165) is 25.7 Å². The second kappa shape index (κ2) is 7.32. The molecule has 1 atom stereocenters. The Morgan fingerprint density at radius 2 is 1.52 bits per heavy atom. The van der Waals surface area contributed by atoms with Crippen LogP contribution in [0, 0.1) is 5.92 Å². The molecule has 0 amide bonds. The molecule has 2 heterocycles. The number of nitrogens with two attached hydrogens (primary N) is 1. The van der Waals surface area contributed by atoms with Crippen LogP contribution in [0.15, 0.2) is 34.1 Å². The molecule has 0 radical (unpaired) electrons. The average molecular weight is 388 g/mol. The van der Waals surface area contributed by atoms with Crippen LogP contribution in [0.3, 0.4) is 0 Å². The maximum Gasteiger partial charge on any atom is 0.243 e. The molecule has 1 unspecified atom stereocenters. The predicted molar refractivity (Wildman–Crippen MR) is 95.0 cm³/mol. The first-order valence-corrected chi connectivity index (χ1v) is 11.5. The van der Waals surface area contributed by atoms with Crippen LogP contribution < -0.4 is 5.73 Å². The third-order valence-corrected chi connectivity index (χ3v) is 8.73. The number of piperidine rings is 1. The summed E-state index contributed by atoms with van der Waals surface area (Å²) in [6, 6.07) is 5.71. The molecule has 2 N–H and O–H groups in total. The minimum absolute atomic E-state index is 0.0308. The van der Waals surface area contributed by atoms with Gasteiger partial charge in [0.2, 0.25) is 20.0 Å². The third-order valence-electron chi connectivity index (χ3n) is 4.98. The van der Waals surface area contributed by atoms with Crippen molar-refractivity contribution < 1.29 is 16.8 Å². The summed E-state index contributed by atoms with van der Waals surface area (Å²) < 4.78 is 54.1. The summed E-state index contributed by atoms with van der Waals surface area (Å²) in [6.45, 7) is 2.25. The van der Waals surface area contributed by atoms with Gasteiger partial charge in [-0.1, -0.05) is 12.5 Å². The standard InChI is InChI=1S/C16H25N3O4S2/c17-12-14-7-10-19(13-14)25(22,23)16-6-4-5-15(11-16)24(20,21)18-8-2-1-3-9-18/h4-6,11,14H,1-3,7-10,12-13,17H2. The summed E-state index contributed by atoms with van der Waals surface area (Å²) in [5, 5.41) is 0. The topological polar surface area (TPSA) is 101 Å². The molecule has 1 aromatic rings. The van der Waals surface area contributed by atoms with Crippen molar-refractivity contribution in [3.63, 3.8) is 0 Å². The fourth-order valence-electron chi connectivity index (χ4n) is 3.41. The molecular weight excluding hydrogens is 362 g/mol. The van der Waals surface area contributed by atoms with Gasteiger partial charge in [-0.2, -0.15) is 8.61 Å². The quantitative estimate of drug-likeness (QED) is 0.806. The lowest BCUT2D eigenvalue weighted by Gasteiger charge is -2.26. The molecule has 25 heavy (non-hydrogen) atoms. The van der Waals surface area contributed by atoms with E-state index in [2.05, 4.69) is 0 Å². The number of sulfonamides is 2. The van der Waals surface area contributed by atoms with Gasteiger partial charge in [0.1, 0.15) is 0 Å². The lowest BCUT2D eigenvalue weighted by molar-refractivity contribution is 0.346. The molecular formula is C16H25N3O4S2. The SMILES string of the molecule is NCC1CCN(S(=O)(=O)c2cccc(S(=O)(=O)N3CCCCC3)c2)C1. The molecule has 2 aliphatic rings. The van der Waals surface area contributed by atoms with Crippen molar-refractivity contribution in [1.29, 1.82) is 0 Å². The first-order chi connectivity index (χ1) is 11.9. The van der Waals surface area contributed by atoms with E-state index in [-0.39, 0.29) is 15.7 Å². The highest BCUT2D eigenvalue weighted by molar-refractivity contribution is 7.90. The van der Waals surface area contributed by atoms with E-state index >= 15 is 0 Å². The van der Waals surface area contributed by atoms with Crippen LogP contribution in [0.2, 0.25) is 0 Å². The highest BCUT2D eigenvalue weighted by Gasteiger charge is 2.33. The van der Waals surface area contributed by atoms with Crippen molar-refractivity contribution in [1.82, 2.24) is 8.61 Å². The van der Waals surface area contributed by atoms with Crippen molar-refractivity contribution in [2.75, 3.05) is 32.7 Å². The molecule has 0 aliphatic carbocycles. The highest BCUT2D eigenvalue weighted by Crippen LogP contribution is 2.27. The molecule has 2 fully saturated rings. The summed E-state index contributed by atoms with van der Waals surface area (Å²) in [6.07, 6.45) is 3.44. The van der Waals surface area contributed by atoms with Gasteiger partial charge >= 0.3 is 0 Å². The van der Waals surface area contributed by atoms with Gasteiger partial charge in [-0.15, -0.1) is 0 Å². The van der Waals surface area contributed by atoms with Gasteiger partial charge < -0.3 is 5.73 Å². The smallest absolute Gasteiger partial charge is 0.243 e. The Labute approximate surface area is 149 Å². The number of nitrogens with zero attached hydrogens (tertiary/aromatic N) is 2. The Morgan fingerprint density at radius 1 is 0.920 bits per heavy atom. The van der Waals surface area contributed by atoms with E-state index in [1.165, 1.54) is 32.9 Å². The molecule has 1 aromatic carbocycles. The van der Waals surface area contributed by atoms with Gasteiger partial charge in [0.25, 0.3) is 0 Å². The highest BCUT2D eigenvalue weighted by atomic mass is 32.2. The van der Waals surface area contributed by atoms with Crippen molar-refractivity contribution in [3.8, 4) is 0 Å². The maximum absolute atomic E-state index is 12.8. The van der Waals surface area contributed by atoms with Gasteiger partial charge in [0.15, 0.2) is 0 Å². The van der Waals surface area contributed by atoms with Gasteiger partial charge in [-0.05, 0) is 49.9 Å².